The minimum Gasteiger partial charge on any atom is -0.396 e. The maximum Gasteiger partial charge on any atom is 0.0858 e. The third-order valence-corrected chi connectivity index (χ3v) is 3.36. The number of aromatic nitrogens is 2. The SMILES string of the molecule is CCc1nn(C)c(CSCCO)c1Cl. The first kappa shape index (κ1) is 11.9. The molecular formula is C9H15ClN2OS. The lowest BCUT2D eigenvalue weighted by Crippen LogP contribution is -1.98. The second-order valence-electron chi connectivity index (χ2n) is 2.96. The number of halogens is 1. The predicted molar refractivity (Wildman–Crippen MR) is 60.8 cm³/mol. The molecule has 0 radical (unpaired) electrons. The van der Waals surface area contributed by atoms with Crippen LogP contribution in [-0.4, -0.2) is 27.2 Å². The van der Waals surface area contributed by atoms with E-state index < -0.39 is 0 Å². The first-order valence-electron chi connectivity index (χ1n) is 4.59. The summed E-state index contributed by atoms with van der Waals surface area (Å²) in [7, 11) is 1.90. The molecule has 0 aliphatic rings. The largest absolute Gasteiger partial charge is 0.396 e. The topological polar surface area (TPSA) is 38.0 Å². The van der Waals surface area contributed by atoms with Crippen molar-refractivity contribution in [1.29, 1.82) is 0 Å². The van der Waals surface area contributed by atoms with E-state index in [4.69, 9.17) is 16.7 Å². The van der Waals surface area contributed by atoms with Gasteiger partial charge < -0.3 is 5.11 Å². The summed E-state index contributed by atoms with van der Waals surface area (Å²) in [5.41, 5.74) is 2.00. The summed E-state index contributed by atoms with van der Waals surface area (Å²) < 4.78 is 1.82. The predicted octanol–water partition coefficient (Wildman–Crippen LogP) is 1.86. The van der Waals surface area contributed by atoms with Crippen LogP contribution in [0.5, 0.6) is 0 Å². The molecule has 0 spiro atoms. The van der Waals surface area contributed by atoms with Gasteiger partial charge in [-0.05, 0) is 6.42 Å². The maximum absolute atomic E-state index is 8.66. The molecule has 1 rings (SSSR count). The summed E-state index contributed by atoms with van der Waals surface area (Å²) in [6.07, 6.45) is 0.858. The monoisotopic (exact) mass is 234 g/mol. The van der Waals surface area contributed by atoms with Crippen LogP contribution in [0, 0.1) is 0 Å². The fourth-order valence-electron chi connectivity index (χ4n) is 1.21. The lowest BCUT2D eigenvalue weighted by atomic mass is 10.3. The van der Waals surface area contributed by atoms with Gasteiger partial charge in [-0.3, -0.25) is 4.68 Å². The summed E-state index contributed by atoms with van der Waals surface area (Å²) in [5.74, 6) is 1.55. The van der Waals surface area contributed by atoms with Crippen molar-refractivity contribution < 1.29 is 5.11 Å². The van der Waals surface area contributed by atoms with Crippen LogP contribution in [0.4, 0.5) is 0 Å². The zero-order chi connectivity index (χ0) is 10.6. The average Bonchev–Trinajstić information content (AvgIpc) is 2.45. The van der Waals surface area contributed by atoms with Gasteiger partial charge in [0.05, 0.1) is 23.0 Å². The van der Waals surface area contributed by atoms with Gasteiger partial charge in [-0.1, -0.05) is 18.5 Å². The molecule has 0 aliphatic heterocycles. The van der Waals surface area contributed by atoms with Crippen molar-refractivity contribution in [3.63, 3.8) is 0 Å². The van der Waals surface area contributed by atoms with E-state index in [0.717, 1.165) is 34.3 Å². The van der Waals surface area contributed by atoms with Crippen LogP contribution in [0.2, 0.25) is 5.02 Å². The Kier molecular flexibility index (Phi) is 4.78. The molecule has 5 heteroatoms. The van der Waals surface area contributed by atoms with Gasteiger partial charge in [0.15, 0.2) is 0 Å². The number of thioether (sulfide) groups is 1. The van der Waals surface area contributed by atoms with Crippen LogP contribution in [0.1, 0.15) is 18.3 Å². The number of nitrogens with zero attached hydrogens (tertiary/aromatic N) is 2. The third-order valence-electron chi connectivity index (χ3n) is 1.98. The molecule has 0 aliphatic carbocycles. The van der Waals surface area contributed by atoms with Gasteiger partial charge in [0.2, 0.25) is 0 Å². The highest BCUT2D eigenvalue weighted by atomic mass is 35.5. The molecule has 80 valence electrons. The molecule has 1 aromatic heterocycles. The van der Waals surface area contributed by atoms with Crippen molar-refractivity contribution in [2.24, 2.45) is 7.05 Å². The van der Waals surface area contributed by atoms with Crippen LogP contribution in [0.3, 0.4) is 0 Å². The highest BCUT2D eigenvalue weighted by Gasteiger charge is 2.12. The highest BCUT2D eigenvalue weighted by molar-refractivity contribution is 7.98. The smallest absolute Gasteiger partial charge is 0.0858 e. The van der Waals surface area contributed by atoms with E-state index in [1.54, 1.807) is 11.8 Å². The van der Waals surface area contributed by atoms with Crippen LogP contribution in [0.15, 0.2) is 0 Å². The van der Waals surface area contributed by atoms with Crippen LogP contribution >= 0.6 is 23.4 Å². The number of aliphatic hydroxyl groups is 1. The lowest BCUT2D eigenvalue weighted by molar-refractivity contribution is 0.322. The van der Waals surface area contributed by atoms with Gasteiger partial charge in [0.1, 0.15) is 0 Å². The van der Waals surface area contributed by atoms with E-state index in [1.165, 1.54) is 0 Å². The van der Waals surface area contributed by atoms with Crippen molar-refractivity contribution in [2.45, 2.75) is 19.1 Å². The molecule has 1 aromatic rings. The molecule has 0 aromatic carbocycles. The van der Waals surface area contributed by atoms with E-state index >= 15 is 0 Å². The van der Waals surface area contributed by atoms with Gasteiger partial charge in [0.25, 0.3) is 0 Å². The summed E-state index contributed by atoms with van der Waals surface area (Å²) in [4.78, 5) is 0. The lowest BCUT2D eigenvalue weighted by Gasteiger charge is -2.01. The second kappa shape index (κ2) is 5.63. The van der Waals surface area contributed by atoms with E-state index in [0.29, 0.717) is 0 Å². The first-order chi connectivity index (χ1) is 6.70. The van der Waals surface area contributed by atoms with Crippen LogP contribution in [0.25, 0.3) is 0 Å². The zero-order valence-corrected chi connectivity index (χ0v) is 10.0. The fourth-order valence-corrected chi connectivity index (χ4v) is 2.45. The zero-order valence-electron chi connectivity index (χ0n) is 8.46. The molecule has 1 heterocycles. The summed E-state index contributed by atoms with van der Waals surface area (Å²) in [6.45, 7) is 2.25. The Morgan fingerprint density at radius 1 is 1.57 bits per heavy atom. The molecule has 0 saturated heterocycles. The molecule has 0 unspecified atom stereocenters. The Hall–Kier alpha value is -0.190. The minimum absolute atomic E-state index is 0.209. The molecular weight excluding hydrogens is 220 g/mol. The number of rotatable bonds is 5. The third kappa shape index (κ3) is 2.65. The standard InChI is InChI=1S/C9H15ClN2OS/c1-3-7-9(10)8(12(2)11-7)6-14-5-4-13/h13H,3-6H2,1-2H3. The minimum atomic E-state index is 0.209. The molecule has 0 amide bonds. The van der Waals surface area contributed by atoms with Gasteiger partial charge in [0, 0.05) is 18.6 Å². The van der Waals surface area contributed by atoms with E-state index in [1.807, 2.05) is 18.7 Å². The van der Waals surface area contributed by atoms with Gasteiger partial charge >= 0.3 is 0 Å². The summed E-state index contributed by atoms with van der Waals surface area (Å²) >= 11 is 7.81. The van der Waals surface area contributed by atoms with E-state index in [-0.39, 0.29) is 6.61 Å². The molecule has 1 N–H and O–H groups in total. The molecule has 0 saturated carbocycles. The van der Waals surface area contributed by atoms with Gasteiger partial charge in [-0.15, -0.1) is 0 Å². The Bertz CT molecular complexity index is 301. The Labute approximate surface area is 93.4 Å². The van der Waals surface area contributed by atoms with Crippen LogP contribution < -0.4 is 0 Å². The summed E-state index contributed by atoms with van der Waals surface area (Å²) in [5, 5.41) is 13.8. The summed E-state index contributed by atoms with van der Waals surface area (Å²) in [6, 6.07) is 0. The molecule has 0 bridgehead atoms. The maximum atomic E-state index is 8.66. The molecule has 0 fully saturated rings. The number of aliphatic hydroxyl groups excluding tert-OH is 1. The quantitative estimate of drug-likeness (QED) is 0.791. The second-order valence-corrected chi connectivity index (χ2v) is 4.44. The van der Waals surface area contributed by atoms with Crippen molar-refractivity contribution in [3.05, 3.63) is 16.4 Å². The average molecular weight is 235 g/mol. The Morgan fingerprint density at radius 3 is 2.79 bits per heavy atom. The van der Waals surface area contributed by atoms with Crippen molar-refractivity contribution in [2.75, 3.05) is 12.4 Å². The Balaban J connectivity index is 2.70. The van der Waals surface area contributed by atoms with E-state index in [2.05, 4.69) is 5.10 Å². The normalized spacial score (nSPS) is 10.9. The number of aryl methyl sites for hydroxylation is 2. The fraction of sp³-hybridized carbons (Fsp3) is 0.667. The van der Waals surface area contributed by atoms with E-state index in [9.17, 15) is 0 Å². The number of hydrogen-bond acceptors (Lipinski definition) is 3. The van der Waals surface area contributed by atoms with Crippen molar-refractivity contribution in [3.8, 4) is 0 Å². The van der Waals surface area contributed by atoms with Gasteiger partial charge in [-0.25, -0.2) is 0 Å². The van der Waals surface area contributed by atoms with Crippen LogP contribution in [-0.2, 0) is 19.2 Å². The first-order valence-corrected chi connectivity index (χ1v) is 6.12. The van der Waals surface area contributed by atoms with Crippen molar-refractivity contribution >= 4 is 23.4 Å². The molecule has 14 heavy (non-hydrogen) atoms. The molecule has 3 nitrogen and oxygen atoms in total. The molecule has 0 atom stereocenters. The van der Waals surface area contributed by atoms with Crippen molar-refractivity contribution in [1.82, 2.24) is 9.78 Å². The van der Waals surface area contributed by atoms with Gasteiger partial charge in [-0.2, -0.15) is 16.9 Å². The number of hydrogen-bond donors (Lipinski definition) is 1. The Morgan fingerprint density at radius 2 is 2.29 bits per heavy atom. The highest BCUT2D eigenvalue weighted by Crippen LogP contribution is 2.24.